The minimum atomic E-state index is -0.670. The average molecular weight is 153 g/mol. The van der Waals surface area contributed by atoms with E-state index in [0.29, 0.717) is 11.5 Å². The SMILES string of the molecule is Cc1nccc(C(O)CN)n1. The minimum absolute atomic E-state index is 0.191. The van der Waals surface area contributed by atoms with Crippen LogP contribution in [-0.2, 0) is 0 Å². The molecule has 0 amide bonds. The first-order valence-corrected chi connectivity index (χ1v) is 3.41. The molecule has 0 saturated carbocycles. The van der Waals surface area contributed by atoms with Gasteiger partial charge < -0.3 is 10.8 Å². The number of rotatable bonds is 2. The van der Waals surface area contributed by atoms with E-state index in [1.54, 1.807) is 19.2 Å². The van der Waals surface area contributed by atoms with E-state index in [0.717, 1.165) is 0 Å². The van der Waals surface area contributed by atoms with Crippen molar-refractivity contribution in [1.29, 1.82) is 0 Å². The first-order chi connectivity index (χ1) is 5.24. The zero-order valence-corrected chi connectivity index (χ0v) is 6.36. The second-order valence-electron chi connectivity index (χ2n) is 2.28. The summed E-state index contributed by atoms with van der Waals surface area (Å²) < 4.78 is 0. The zero-order chi connectivity index (χ0) is 8.27. The molecule has 0 radical (unpaired) electrons. The summed E-state index contributed by atoms with van der Waals surface area (Å²) in [5.41, 5.74) is 5.83. The number of nitrogens with zero attached hydrogens (tertiary/aromatic N) is 2. The van der Waals surface area contributed by atoms with Crippen LogP contribution < -0.4 is 5.73 Å². The molecule has 1 unspecified atom stereocenters. The molecule has 1 rings (SSSR count). The average Bonchev–Trinajstić information content (AvgIpc) is 2.03. The van der Waals surface area contributed by atoms with Gasteiger partial charge in [0.2, 0.25) is 0 Å². The lowest BCUT2D eigenvalue weighted by molar-refractivity contribution is 0.181. The smallest absolute Gasteiger partial charge is 0.125 e. The molecule has 60 valence electrons. The molecule has 0 saturated heterocycles. The second kappa shape index (κ2) is 3.41. The highest BCUT2D eigenvalue weighted by Gasteiger charge is 2.05. The van der Waals surface area contributed by atoms with E-state index in [-0.39, 0.29) is 6.54 Å². The summed E-state index contributed by atoms with van der Waals surface area (Å²) in [7, 11) is 0. The van der Waals surface area contributed by atoms with Crippen LogP contribution in [0.3, 0.4) is 0 Å². The Labute approximate surface area is 65.1 Å². The van der Waals surface area contributed by atoms with Crippen LogP contribution in [-0.4, -0.2) is 21.6 Å². The van der Waals surface area contributed by atoms with Crippen LogP contribution in [0.25, 0.3) is 0 Å². The Balaban J connectivity index is 2.86. The Morgan fingerprint density at radius 2 is 2.45 bits per heavy atom. The summed E-state index contributed by atoms with van der Waals surface area (Å²) in [4.78, 5) is 7.90. The topological polar surface area (TPSA) is 72.0 Å². The van der Waals surface area contributed by atoms with Crippen molar-refractivity contribution >= 4 is 0 Å². The quantitative estimate of drug-likeness (QED) is 0.616. The molecule has 1 heterocycles. The Morgan fingerprint density at radius 3 is 3.00 bits per heavy atom. The largest absolute Gasteiger partial charge is 0.385 e. The highest BCUT2D eigenvalue weighted by Crippen LogP contribution is 2.06. The molecule has 4 heteroatoms. The molecular formula is C7H11N3O. The monoisotopic (exact) mass is 153 g/mol. The van der Waals surface area contributed by atoms with Gasteiger partial charge in [-0.2, -0.15) is 0 Å². The van der Waals surface area contributed by atoms with Crippen molar-refractivity contribution in [2.24, 2.45) is 5.73 Å². The van der Waals surface area contributed by atoms with Gasteiger partial charge in [-0.1, -0.05) is 0 Å². The molecule has 0 aliphatic carbocycles. The molecule has 11 heavy (non-hydrogen) atoms. The van der Waals surface area contributed by atoms with Crippen LogP contribution >= 0.6 is 0 Å². The fraction of sp³-hybridized carbons (Fsp3) is 0.429. The van der Waals surface area contributed by atoms with Gasteiger partial charge in [-0.25, -0.2) is 9.97 Å². The normalized spacial score (nSPS) is 13.0. The molecule has 0 aliphatic heterocycles. The lowest BCUT2D eigenvalue weighted by Crippen LogP contribution is -2.13. The highest BCUT2D eigenvalue weighted by molar-refractivity contribution is 5.05. The summed E-state index contributed by atoms with van der Waals surface area (Å²) in [5, 5.41) is 9.24. The molecule has 0 fully saturated rings. The molecule has 0 aliphatic rings. The third-order valence-corrected chi connectivity index (χ3v) is 1.36. The van der Waals surface area contributed by atoms with Crippen LogP contribution in [0.5, 0.6) is 0 Å². The maximum Gasteiger partial charge on any atom is 0.125 e. The van der Waals surface area contributed by atoms with E-state index in [1.165, 1.54) is 0 Å². The molecule has 0 spiro atoms. The summed E-state index contributed by atoms with van der Waals surface area (Å²) in [6.45, 7) is 1.96. The first-order valence-electron chi connectivity index (χ1n) is 3.41. The summed E-state index contributed by atoms with van der Waals surface area (Å²) in [5.74, 6) is 0.648. The van der Waals surface area contributed by atoms with Crippen LogP contribution in [0.4, 0.5) is 0 Å². The van der Waals surface area contributed by atoms with Crippen LogP contribution in [0.15, 0.2) is 12.3 Å². The Kier molecular flexibility index (Phi) is 2.51. The zero-order valence-electron chi connectivity index (χ0n) is 6.36. The predicted molar refractivity (Wildman–Crippen MR) is 40.8 cm³/mol. The van der Waals surface area contributed by atoms with E-state index in [1.807, 2.05) is 0 Å². The number of aromatic nitrogens is 2. The van der Waals surface area contributed by atoms with Gasteiger partial charge in [0.25, 0.3) is 0 Å². The van der Waals surface area contributed by atoms with Gasteiger partial charge >= 0.3 is 0 Å². The first kappa shape index (κ1) is 8.10. The van der Waals surface area contributed by atoms with Gasteiger partial charge in [-0.05, 0) is 13.0 Å². The highest BCUT2D eigenvalue weighted by atomic mass is 16.3. The Bertz CT molecular complexity index is 239. The van der Waals surface area contributed by atoms with Gasteiger partial charge in [0.05, 0.1) is 5.69 Å². The van der Waals surface area contributed by atoms with E-state index >= 15 is 0 Å². The van der Waals surface area contributed by atoms with Gasteiger partial charge in [-0.3, -0.25) is 0 Å². The summed E-state index contributed by atoms with van der Waals surface area (Å²) in [6, 6.07) is 1.66. The molecular weight excluding hydrogens is 142 g/mol. The fourth-order valence-corrected chi connectivity index (χ4v) is 0.781. The number of aryl methyl sites for hydroxylation is 1. The summed E-state index contributed by atoms with van der Waals surface area (Å²) in [6.07, 6.45) is 0.938. The van der Waals surface area contributed by atoms with E-state index < -0.39 is 6.10 Å². The Morgan fingerprint density at radius 1 is 1.73 bits per heavy atom. The van der Waals surface area contributed by atoms with E-state index in [9.17, 15) is 5.11 Å². The number of hydrogen-bond donors (Lipinski definition) is 2. The molecule has 1 aromatic rings. The third-order valence-electron chi connectivity index (χ3n) is 1.36. The molecule has 4 nitrogen and oxygen atoms in total. The van der Waals surface area contributed by atoms with Crippen molar-refractivity contribution in [3.05, 3.63) is 23.8 Å². The molecule has 0 aromatic carbocycles. The van der Waals surface area contributed by atoms with Crippen molar-refractivity contribution in [3.63, 3.8) is 0 Å². The lowest BCUT2D eigenvalue weighted by atomic mass is 10.2. The van der Waals surface area contributed by atoms with Gasteiger partial charge in [0.15, 0.2) is 0 Å². The fourth-order valence-electron chi connectivity index (χ4n) is 0.781. The second-order valence-corrected chi connectivity index (χ2v) is 2.28. The van der Waals surface area contributed by atoms with E-state index in [4.69, 9.17) is 5.73 Å². The van der Waals surface area contributed by atoms with Crippen molar-refractivity contribution in [2.45, 2.75) is 13.0 Å². The van der Waals surface area contributed by atoms with Crippen molar-refractivity contribution < 1.29 is 5.11 Å². The molecule has 1 atom stereocenters. The third kappa shape index (κ3) is 1.96. The van der Waals surface area contributed by atoms with Crippen LogP contribution in [0.2, 0.25) is 0 Å². The predicted octanol–water partition coefficient (Wildman–Crippen LogP) is -0.223. The minimum Gasteiger partial charge on any atom is -0.385 e. The van der Waals surface area contributed by atoms with Gasteiger partial charge in [0.1, 0.15) is 11.9 Å². The van der Waals surface area contributed by atoms with Crippen molar-refractivity contribution in [1.82, 2.24) is 9.97 Å². The lowest BCUT2D eigenvalue weighted by Gasteiger charge is -2.05. The maximum absolute atomic E-state index is 9.24. The number of aliphatic hydroxyl groups excluding tert-OH is 1. The molecule has 3 N–H and O–H groups in total. The van der Waals surface area contributed by atoms with Crippen molar-refractivity contribution in [2.75, 3.05) is 6.54 Å². The number of hydrogen-bond acceptors (Lipinski definition) is 4. The van der Waals surface area contributed by atoms with Crippen LogP contribution in [0.1, 0.15) is 17.6 Å². The standard InChI is InChI=1S/C7H11N3O/c1-5-9-3-2-6(10-5)7(11)4-8/h2-3,7,11H,4,8H2,1H3. The number of nitrogens with two attached hydrogens (primary N) is 1. The maximum atomic E-state index is 9.24. The van der Waals surface area contributed by atoms with Gasteiger partial charge in [0, 0.05) is 12.7 Å². The molecule has 1 aromatic heterocycles. The Hall–Kier alpha value is -1.00. The molecule has 0 bridgehead atoms. The van der Waals surface area contributed by atoms with Crippen molar-refractivity contribution in [3.8, 4) is 0 Å². The summed E-state index contributed by atoms with van der Waals surface area (Å²) >= 11 is 0. The number of aliphatic hydroxyl groups is 1. The van der Waals surface area contributed by atoms with Gasteiger partial charge in [-0.15, -0.1) is 0 Å². The van der Waals surface area contributed by atoms with Crippen LogP contribution in [0, 0.1) is 6.92 Å². The van der Waals surface area contributed by atoms with E-state index in [2.05, 4.69) is 9.97 Å².